The SMILES string of the molecule is CC(C)(C)OOC=CCOOC(C)(C)C. The summed E-state index contributed by atoms with van der Waals surface area (Å²) in [6.07, 6.45) is 3.09. The fourth-order valence-corrected chi connectivity index (χ4v) is 0.501. The average molecular weight is 218 g/mol. The summed E-state index contributed by atoms with van der Waals surface area (Å²) in [6, 6.07) is 0. The van der Waals surface area contributed by atoms with Gasteiger partial charge in [0.15, 0.2) is 0 Å². The van der Waals surface area contributed by atoms with Crippen LogP contribution < -0.4 is 0 Å². The molecule has 4 nitrogen and oxygen atoms in total. The van der Waals surface area contributed by atoms with Crippen molar-refractivity contribution < 1.29 is 19.6 Å². The average Bonchev–Trinajstić information content (AvgIpc) is 1.98. The van der Waals surface area contributed by atoms with Gasteiger partial charge in [-0.1, -0.05) is 0 Å². The summed E-state index contributed by atoms with van der Waals surface area (Å²) >= 11 is 0. The van der Waals surface area contributed by atoms with Crippen LogP contribution in [0.25, 0.3) is 0 Å². The Morgan fingerprint density at radius 3 is 1.87 bits per heavy atom. The zero-order valence-corrected chi connectivity index (χ0v) is 10.5. The summed E-state index contributed by atoms with van der Waals surface area (Å²) in [4.78, 5) is 19.7. The van der Waals surface area contributed by atoms with E-state index in [9.17, 15) is 0 Å². The van der Waals surface area contributed by atoms with Crippen molar-refractivity contribution in [2.24, 2.45) is 0 Å². The van der Waals surface area contributed by atoms with Crippen LogP contribution in [0, 0.1) is 0 Å². The molecule has 0 aliphatic rings. The fourth-order valence-electron chi connectivity index (χ4n) is 0.501. The summed E-state index contributed by atoms with van der Waals surface area (Å²) in [6.45, 7) is 11.8. The molecule has 0 heterocycles. The molecule has 0 aromatic heterocycles. The van der Waals surface area contributed by atoms with Crippen LogP contribution in [0.1, 0.15) is 41.5 Å². The van der Waals surface area contributed by atoms with Gasteiger partial charge in [0, 0.05) is 0 Å². The van der Waals surface area contributed by atoms with Gasteiger partial charge in [-0.3, -0.25) is 0 Å². The van der Waals surface area contributed by atoms with Crippen LogP contribution >= 0.6 is 0 Å². The molecule has 0 amide bonds. The second-order valence-corrected chi connectivity index (χ2v) is 5.14. The summed E-state index contributed by atoms with van der Waals surface area (Å²) in [5.41, 5.74) is -0.607. The van der Waals surface area contributed by atoms with Crippen LogP contribution in [0.5, 0.6) is 0 Å². The van der Waals surface area contributed by atoms with Gasteiger partial charge >= 0.3 is 0 Å². The highest BCUT2D eigenvalue weighted by atomic mass is 17.2. The summed E-state index contributed by atoms with van der Waals surface area (Å²) in [5.74, 6) is 0. The molecule has 0 fully saturated rings. The molecule has 15 heavy (non-hydrogen) atoms. The van der Waals surface area contributed by atoms with Gasteiger partial charge in [-0.05, 0) is 47.6 Å². The van der Waals surface area contributed by atoms with E-state index in [1.54, 1.807) is 6.08 Å². The predicted molar refractivity (Wildman–Crippen MR) is 57.9 cm³/mol. The van der Waals surface area contributed by atoms with E-state index in [0.717, 1.165) is 0 Å². The quantitative estimate of drug-likeness (QED) is 0.307. The van der Waals surface area contributed by atoms with Crippen molar-refractivity contribution in [3.8, 4) is 0 Å². The van der Waals surface area contributed by atoms with E-state index in [1.807, 2.05) is 41.5 Å². The molecule has 0 radical (unpaired) electrons. The van der Waals surface area contributed by atoms with E-state index in [4.69, 9.17) is 19.6 Å². The van der Waals surface area contributed by atoms with E-state index in [1.165, 1.54) is 6.26 Å². The lowest BCUT2D eigenvalue weighted by atomic mass is 10.2. The zero-order chi connectivity index (χ0) is 11.9. The summed E-state index contributed by atoms with van der Waals surface area (Å²) in [7, 11) is 0. The van der Waals surface area contributed by atoms with Crippen LogP contribution in [0.3, 0.4) is 0 Å². The molecule has 0 aliphatic heterocycles. The van der Waals surface area contributed by atoms with Crippen molar-refractivity contribution in [3.63, 3.8) is 0 Å². The minimum Gasteiger partial charge on any atom is -0.345 e. The Morgan fingerprint density at radius 1 is 0.867 bits per heavy atom. The molecule has 0 unspecified atom stereocenters. The Morgan fingerprint density at radius 2 is 1.40 bits per heavy atom. The molecule has 0 saturated heterocycles. The molecule has 90 valence electrons. The van der Waals surface area contributed by atoms with E-state index < -0.39 is 0 Å². The minimum atomic E-state index is -0.312. The van der Waals surface area contributed by atoms with Crippen molar-refractivity contribution in [1.82, 2.24) is 0 Å². The fraction of sp³-hybridized carbons (Fsp3) is 0.818. The molecule has 4 heteroatoms. The van der Waals surface area contributed by atoms with E-state index in [-0.39, 0.29) is 11.2 Å². The molecule has 0 spiro atoms. The van der Waals surface area contributed by atoms with Crippen molar-refractivity contribution in [3.05, 3.63) is 12.3 Å². The Hall–Kier alpha value is -0.580. The summed E-state index contributed by atoms with van der Waals surface area (Å²) in [5, 5.41) is 0. The van der Waals surface area contributed by atoms with Crippen LogP contribution in [-0.2, 0) is 19.6 Å². The van der Waals surface area contributed by atoms with E-state index in [2.05, 4.69) is 0 Å². The second-order valence-electron chi connectivity index (χ2n) is 5.14. The van der Waals surface area contributed by atoms with Gasteiger partial charge in [0.2, 0.25) is 0 Å². The van der Waals surface area contributed by atoms with Crippen molar-refractivity contribution in [2.45, 2.75) is 52.7 Å². The van der Waals surface area contributed by atoms with Gasteiger partial charge in [-0.25, -0.2) is 9.78 Å². The third-order valence-electron chi connectivity index (χ3n) is 0.923. The molecule has 0 saturated carbocycles. The Labute approximate surface area is 92.0 Å². The van der Waals surface area contributed by atoms with Gasteiger partial charge in [-0.15, -0.1) is 0 Å². The topological polar surface area (TPSA) is 36.9 Å². The van der Waals surface area contributed by atoms with Crippen LogP contribution in [-0.4, -0.2) is 17.8 Å². The van der Waals surface area contributed by atoms with Gasteiger partial charge in [-0.2, -0.15) is 4.89 Å². The number of rotatable bonds is 5. The van der Waals surface area contributed by atoms with Gasteiger partial charge in [0.05, 0.1) is 5.60 Å². The van der Waals surface area contributed by atoms with Crippen LogP contribution in [0.4, 0.5) is 0 Å². The highest BCUT2D eigenvalue weighted by Gasteiger charge is 2.11. The lowest BCUT2D eigenvalue weighted by molar-refractivity contribution is -0.343. The maximum atomic E-state index is 5.03. The van der Waals surface area contributed by atoms with Crippen molar-refractivity contribution in [1.29, 1.82) is 0 Å². The third-order valence-corrected chi connectivity index (χ3v) is 0.923. The Bertz CT molecular complexity index is 186. The van der Waals surface area contributed by atoms with Gasteiger partial charge < -0.3 is 4.89 Å². The maximum Gasteiger partial charge on any atom is 0.128 e. The standard InChI is InChI=1S/C11H22O4/c1-10(2,3)14-12-8-7-9-13-15-11(4,5)6/h7-8H,9H2,1-6H3. The first-order valence-corrected chi connectivity index (χ1v) is 5.01. The number of hydrogen-bond donors (Lipinski definition) is 0. The largest absolute Gasteiger partial charge is 0.345 e. The molecule has 0 bridgehead atoms. The zero-order valence-electron chi connectivity index (χ0n) is 10.5. The first-order chi connectivity index (χ1) is 6.71. The highest BCUT2D eigenvalue weighted by molar-refractivity contribution is 4.71. The first kappa shape index (κ1) is 14.4. The molecular weight excluding hydrogens is 196 g/mol. The maximum absolute atomic E-state index is 5.03. The third kappa shape index (κ3) is 13.4. The molecule has 0 N–H and O–H groups in total. The second kappa shape index (κ2) is 6.10. The molecule has 0 aromatic carbocycles. The summed E-state index contributed by atoms with van der Waals surface area (Å²) < 4.78 is 0. The van der Waals surface area contributed by atoms with Crippen LogP contribution in [0.15, 0.2) is 12.3 Å². The lowest BCUT2D eigenvalue weighted by Gasteiger charge is -2.17. The van der Waals surface area contributed by atoms with Crippen LogP contribution in [0.2, 0.25) is 0 Å². The monoisotopic (exact) mass is 218 g/mol. The number of hydrogen-bond acceptors (Lipinski definition) is 4. The van der Waals surface area contributed by atoms with Gasteiger partial charge in [0.25, 0.3) is 0 Å². The molecule has 0 aromatic rings. The minimum absolute atomic E-state index is 0.295. The molecular formula is C11H22O4. The molecule has 0 rings (SSSR count). The Balaban J connectivity index is 3.41. The van der Waals surface area contributed by atoms with Gasteiger partial charge in [0.1, 0.15) is 18.5 Å². The smallest absolute Gasteiger partial charge is 0.128 e. The molecule has 0 atom stereocenters. The van der Waals surface area contributed by atoms with E-state index in [0.29, 0.717) is 6.61 Å². The van der Waals surface area contributed by atoms with Crippen molar-refractivity contribution >= 4 is 0 Å². The Kier molecular flexibility index (Phi) is 5.87. The predicted octanol–water partition coefficient (Wildman–Crippen LogP) is 2.99. The molecule has 0 aliphatic carbocycles. The normalized spacial score (nSPS) is 13.5. The first-order valence-electron chi connectivity index (χ1n) is 5.01. The van der Waals surface area contributed by atoms with E-state index >= 15 is 0 Å². The lowest BCUT2D eigenvalue weighted by Crippen LogP contribution is -2.19. The van der Waals surface area contributed by atoms with Crippen molar-refractivity contribution in [2.75, 3.05) is 6.61 Å². The highest BCUT2D eigenvalue weighted by Crippen LogP contribution is 2.08.